The first kappa shape index (κ1) is 57.6. The zero-order valence-electron chi connectivity index (χ0n) is 42.2. The SMILES string of the molecule is CCCCCCCCCC(O)CCCCCCCC(=O)OCC(COC(=O)CCCCCCCC1OC1CC1OC1CCCCC)OC(=O)CCCCCCCC1OC1CCCCCC. The number of carbonyl (C=O) groups excluding carboxylic acids is 3. The van der Waals surface area contributed by atoms with E-state index in [0.29, 0.717) is 55.9 Å². The molecule has 3 aliphatic rings. The molecule has 0 aliphatic carbocycles. The highest BCUT2D eigenvalue weighted by Gasteiger charge is 2.47. The van der Waals surface area contributed by atoms with Crippen LogP contribution in [0.1, 0.15) is 271 Å². The van der Waals surface area contributed by atoms with E-state index in [1.807, 2.05) is 0 Å². The van der Waals surface area contributed by atoms with E-state index >= 15 is 0 Å². The van der Waals surface area contributed by atoms with Crippen LogP contribution in [0.4, 0.5) is 0 Å². The van der Waals surface area contributed by atoms with Crippen molar-refractivity contribution in [3.8, 4) is 0 Å². The predicted octanol–water partition coefficient (Wildman–Crippen LogP) is 13.9. The minimum Gasteiger partial charge on any atom is -0.462 e. The predicted molar refractivity (Wildman–Crippen MR) is 261 cm³/mol. The van der Waals surface area contributed by atoms with Crippen LogP contribution in [0, 0.1) is 0 Å². The summed E-state index contributed by atoms with van der Waals surface area (Å²) in [5.41, 5.74) is 0. The molecular weight excluding hydrogens is 821 g/mol. The first-order valence-electron chi connectivity index (χ1n) is 28.0. The van der Waals surface area contributed by atoms with Gasteiger partial charge < -0.3 is 33.5 Å². The Labute approximate surface area is 397 Å². The third kappa shape index (κ3) is 31.8. The number of hydrogen-bond donors (Lipinski definition) is 1. The molecule has 8 unspecified atom stereocenters. The lowest BCUT2D eigenvalue weighted by atomic mass is 10.0. The van der Waals surface area contributed by atoms with Crippen LogP contribution in [0.3, 0.4) is 0 Å². The fraction of sp³-hybridized carbons (Fsp3) is 0.945. The van der Waals surface area contributed by atoms with Crippen molar-refractivity contribution in [3.63, 3.8) is 0 Å². The molecule has 0 spiro atoms. The van der Waals surface area contributed by atoms with E-state index in [2.05, 4.69) is 20.8 Å². The van der Waals surface area contributed by atoms with E-state index in [1.54, 1.807) is 0 Å². The Bertz CT molecular complexity index is 1180. The summed E-state index contributed by atoms with van der Waals surface area (Å²) in [6.07, 6.45) is 42.7. The van der Waals surface area contributed by atoms with Crippen molar-refractivity contribution in [2.75, 3.05) is 13.2 Å². The van der Waals surface area contributed by atoms with Gasteiger partial charge in [0.25, 0.3) is 0 Å². The van der Waals surface area contributed by atoms with Gasteiger partial charge in [-0.3, -0.25) is 14.4 Å². The highest BCUT2D eigenvalue weighted by atomic mass is 16.6. The van der Waals surface area contributed by atoms with Crippen LogP contribution < -0.4 is 0 Å². The molecule has 0 radical (unpaired) electrons. The van der Waals surface area contributed by atoms with Crippen molar-refractivity contribution in [3.05, 3.63) is 0 Å². The van der Waals surface area contributed by atoms with Crippen LogP contribution in [0.2, 0.25) is 0 Å². The molecule has 8 atom stereocenters. The maximum atomic E-state index is 12.9. The normalized spacial score (nSPS) is 21.8. The number of rotatable bonds is 48. The lowest BCUT2D eigenvalue weighted by molar-refractivity contribution is -0.167. The van der Waals surface area contributed by atoms with Crippen molar-refractivity contribution in [2.45, 2.75) is 320 Å². The van der Waals surface area contributed by atoms with Gasteiger partial charge in [0.15, 0.2) is 6.10 Å². The molecule has 0 aromatic carbocycles. The average Bonchev–Trinajstić information content (AvgIpc) is 4.25. The Hall–Kier alpha value is -1.75. The Morgan fingerprint density at radius 1 is 0.400 bits per heavy atom. The zero-order valence-corrected chi connectivity index (χ0v) is 42.2. The molecule has 10 nitrogen and oxygen atoms in total. The number of aliphatic hydroxyl groups is 1. The number of unbranched alkanes of at least 4 members (excludes halogenated alkanes) is 23. The number of aliphatic hydroxyl groups excluding tert-OH is 1. The van der Waals surface area contributed by atoms with Gasteiger partial charge in [-0.25, -0.2) is 0 Å². The molecule has 0 amide bonds. The van der Waals surface area contributed by atoms with E-state index in [9.17, 15) is 19.5 Å². The molecule has 3 aliphatic heterocycles. The standard InChI is InChI=1S/C55H100O10/c1-4-7-10-12-13-17-25-33-45(56)34-26-18-14-21-30-39-53(57)60-43-46(62-55(59)41-32-23-16-19-28-37-48-47(63-48)36-27-11-8-5-2)44-61-54(58)40-31-22-15-20-29-38-50-52(65-50)42-51-49(64-51)35-24-9-6-3/h45-52,56H,4-44H2,1-3H3. The molecule has 3 rings (SSSR count). The second-order valence-electron chi connectivity index (χ2n) is 20.2. The zero-order chi connectivity index (χ0) is 46.6. The number of ether oxygens (including phenoxy) is 6. The van der Waals surface area contributed by atoms with Gasteiger partial charge in [0.2, 0.25) is 0 Å². The molecule has 3 heterocycles. The van der Waals surface area contributed by atoms with E-state index < -0.39 is 6.10 Å². The molecule has 0 bridgehead atoms. The quantitative estimate of drug-likeness (QED) is 0.0272. The van der Waals surface area contributed by atoms with Crippen molar-refractivity contribution in [1.29, 1.82) is 0 Å². The van der Waals surface area contributed by atoms with Gasteiger partial charge in [-0.05, 0) is 57.8 Å². The monoisotopic (exact) mass is 921 g/mol. The molecule has 0 aromatic rings. The number of esters is 3. The highest BCUT2D eigenvalue weighted by Crippen LogP contribution is 2.39. The van der Waals surface area contributed by atoms with Crippen LogP contribution >= 0.6 is 0 Å². The molecule has 0 aromatic heterocycles. The van der Waals surface area contributed by atoms with Crippen LogP contribution in [-0.2, 0) is 42.8 Å². The van der Waals surface area contributed by atoms with E-state index in [1.165, 1.54) is 96.3 Å². The third-order valence-electron chi connectivity index (χ3n) is 13.9. The maximum Gasteiger partial charge on any atom is 0.306 e. The van der Waals surface area contributed by atoms with Crippen LogP contribution in [0.15, 0.2) is 0 Å². The van der Waals surface area contributed by atoms with Gasteiger partial charge in [-0.2, -0.15) is 0 Å². The summed E-state index contributed by atoms with van der Waals surface area (Å²) in [7, 11) is 0. The summed E-state index contributed by atoms with van der Waals surface area (Å²) in [6.45, 7) is 6.49. The Kier molecular flexibility index (Phi) is 33.8. The van der Waals surface area contributed by atoms with Crippen molar-refractivity contribution in [1.82, 2.24) is 0 Å². The number of hydrogen-bond acceptors (Lipinski definition) is 10. The second kappa shape index (κ2) is 38.1. The maximum absolute atomic E-state index is 12.9. The fourth-order valence-corrected chi connectivity index (χ4v) is 9.39. The number of epoxide rings is 3. The van der Waals surface area contributed by atoms with Crippen molar-refractivity contribution >= 4 is 17.9 Å². The number of carbonyl (C=O) groups is 3. The van der Waals surface area contributed by atoms with Gasteiger partial charge in [0.1, 0.15) is 13.2 Å². The minimum atomic E-state index is -0.816. The van der Waals surface area contributed by atoms with E-state index in [-0.39, 0.29) is 37.2 Å². The molecule has 0 saturated carbocycles. The summed E-state index contributed by atoms with van der Waals surface area (Å²) in [4.78, 5) is 38.2. The molecule has 10 heteroatoms. The lowest BCUT2D eigenvalue weighted by Crippen LogP contribution is -2.30. The summed E-state index contributed by atoms with van der Waals surface area (Å²) in [5, 5.41) is 10.3. The van der Waals surface area contributed by atoms with E-state index in [0.717, 1.165) is 135 Å². The summed E-state index contributed by atoms with van der Waals surface area (Å²) in [5.74, 6) is -0.983. The molecule has 3 fully saturated rings. The topological polar surface area (TPSA) is 137 Å². The second-order valence-corrected chi connectivity index (χ2v) is 20.2. The van der Waals surface area contributed by atoms with Crippen molar-refractivity contribution in [2.24, 2.45) is 0 Å². The van der Waals surface area contributed by atoms with Gasteiger partial charge in [-0.15, -0.1) is 0 Å². The molecule has 3 saturated heterocycles. The van der Waals surface area contributed by atoms with Gasteiger partial charge in [-0.1, -0.05) is 188 Å². The molecule has 65 heavy (non-hydrogen) atoms. The summed E-state index contributed by atoms with van der Waals surface area (Å²) >= 11 is 0. The first-order valence-corrected chi connectivity index (χ1v) is 28.0. The summed E-state index contributed by atoms with van der Waals surface area (Å²) < 4.78 is 34.4. The van der Waals surface area contributed by atoms with Gasteiger partial charge >= 0.3 is 17.9 Å². The largest absolute Gasteiger partial charge is 0.462 e. The third-order valence-corrected chi connectivity index (χ3v) is 13.9. The Morgan fingerprint density at radius 3 is 1.15 bits per heavy atom. The average molecular weight is 921 g/mol. The summed E-state index contributed by atoms with van der Waals surface area (Å²) in [6, 6.07) is 0. The Morgan fingerprint density at radius 2 is 0.708 bits per heavy atom. The van der Waals surface area contributed by atoms with Crippen LogP contribution in [0.5, 0.6) is 0 Å². The molecule has 380 valence electrons. The van der Waals surface area contributed by atoms with E-state index in [4.69, 9.17) is 28.4 Å². The van der Waals surface area contributed by atoms with Gasteiger partial charge in [0.05, 0.1) is 42.7 Å². The molecular formula is C55H100O10. The van der Waals surface area contributed by atoms with Crippen LogP contribution in [0.25, 0.3) is 0 Å². The first-order chi connectivity index (χ1) is 31.8. The molecule has 1 N–H and O–H groups in total. The Balaban J connectivity index is 1.22. The van der Waals surface area contributed by atoms with Crippen LogP contribution in [-0.4, -0.2) is 85.1 Å². The lowest BCUT2D eigenvalue weighted by Gasteiger charge is -2.18. The fourth-order valence-electron chi connectivity index (χ4n) is 9.39. The minimum absolute atomic E-state index is 0.112. The van der Waals surface area contributed by atoms with Gasteiger partial charge in [0, 0.05) is 25.7 Å². The highest BCUT2D eigenvalue weighted by molar-refractivity contribution is 5.71. The van der Waals surface area contributed by atoms with Crippen molar-refractivity contribution < 1.29 is 47.9 Å². The smallest absolute Gasteiger partial charge is 0.306 e.